The maximum atomic E-state index is 12.3. The van der Waals surface area contributed by atoms with Crippen molar-refractivity contribution in [2.45, 2.75) is 19.1 Å². The highest BCUT2D eigenvalue weighted by atomic mass is 32.2. The Kier molecular flexibility index (Phi) is 6.34. The molecule has 7 heteroatoms. The van der Waals surface area contributed by atoms with Gasteiger partial charge in [0.15, 0.2) is 0 Å². The summed E-state index contributed by atoms with van der Waals surface area (Å²) in [5.41, 5.74) is 0.818. The number of carbonyl (C=O) groups is 1. The van der Waals surface area contributed by atoms with Crippen molar-refractivity contribution in [1.29, 1.82) is 5.26 Å². The Morgan fingerprint density at radius 3 is 2.71 bits per heavy atom. The molecule has 0 aliphatic heterocycles. The molecule has 0 unspecified atom stereocenters. The molecule has 1 aromatic carbocycles. The molecule has 6 nitrogen and oxygen atoms in total. The van der Waals surface area contributed by atoms with Crippen LogP contribution in [0.15, 0.2) is 24.3 Å². The average molecular weight is 310 g/mol. The molecule has 21 heavy (non-hydrogen) atoms. The zero-order chi connectivity index (χ0) is 15.9. The summed E-state index contributed by atoms with van der Waals surface area (Å²) < 4.78 is 30.4. The Balaban J connectivity index is 2.93. The topological polar surface area (TPSA) is 87.5 Å². The van der Waals surface area contributed by atoms with Crippen LogP contribution in [0.5, 0.6) is 0 Å². The first-order valence-electron chi connectivity index (χ1n) is 6.46. The predicted octanol–water partition coefficient (Wildman–Crippen LogP) is 1.54. The molecule has 1 aromatic rings. The zero-order valence-electron chi connectivity index (χ0n) is 12.1. The molecule has 0 amide bonds. The van der Waals surface area contributed by atoms with E-state index in [-0.39, 0.29) is 18.7 Å². The Hall–Kier alpha value is -1.91. The average Bonchev–Trinajstić information content (AvgIpc) is 2.46. The molecule has 0 fully saturated rings. The van der Waals surface area contributed by atoms with Crippen LogP contribution in [0, 0.1) is 11.3 Å². The predicted molar refractivity (Wildman–Crippen MR) is 77.9 cm³/mol. The van der Waals surface area contributed by atoms with E-state index in [1.807, 2.05) is 6.07 Å². The number of nitrogens with zero attached hydrogens (tertiary/aromatic N) is 2. The van der Waals surface area contributed by atoms with Crippen LogP contribution >= 0.6 is 0 Å². The highest BCUT2D eigenvalue weighted by molar-refractivity contribution is 7.88. The lowest BCUT2D eigenvalue weighted by molar-refractivity contribution is 0.0600. The van der Waals surface area contributed by atoms with Crippen molar-refractivity contribution in [3.8, 4) is 6.07 Å². The van der Waals surface area contributed by atoms with Crippen LogP contribution in [0.4, 0.5) is 0 Å². The number of ether oxygens (including phenoxy) is 1. The fraction of sp³-hybridized carbons (Fsp3) is 0.429. The molecule has 0 saturated heterocycles. The number of methoxy groups -OCH3 is 1. The molecule has 0 bridgehead atoms. The fourth-order valence-corrected chi connectivity index (χ4v) is 3.42. The summed E-state index contributed by atoms with van der Waals surface area (Å²) in [5, 5.41) is 8.57. The number of nitriles is 1. The van der Waals surface area contributed by atoms with Gasteiger partial charge in [0.1, 0.15) is 0 Å². The molecule has 0 spiro atoms. The van der Waals surface area contributed by atoms with Crippen molar-refractivity contribution >= 4 is 16.0 Å². The number of carbonyl (C=O) groups excluding carboxylic acids is 1. The van der Waals surface area contributed by atoms with Gasteiger partial charge in [-0.3, -0.25) is 0 Å². The number of benzene rings is 1. The Morgan fingerprint density at radius 2 is 2.14 bits per heavy atom. The van der Waals surface area contributed by atoms with E-state index in [0.717, 1.165) is 0 Å². The van der Waals surface area contributed by atoms with Crippen LogP contribution in [0.2, 0.25) is 0 Å². The van der Waals surface area contributed by atoms with E-state index in [2.05, 4.69) is 4.74 Å². The van der Waals surface area contributed by atoms with Crippen LogP contribution in [-0.2, 0) is 20.5 Å². The van der Waals surface area contributed by atoms with E-state index in [1.165, 1.54) is 17.5 Å². The molecule has 0 radical (unpaired) electrons. The minimum Gasteiger partial charge on any atom is -0.465 e. The van der Waals surface area contributed by atoms with Gasteiger partial charge in [0.2, 0.25) is 10.0 Å². The maximum absolute atomic E-state index is 12.3. The van der Waals surface area contributed by atoms with E-state index < -0.39 is 16.0 Å². The molecule has 0 saturated carbocycles. The van der Waals surface area contributed by atoms with Crippen molar-refractivity contribution in [1.82, 2.24) is 4.31 Å². The lowest BCUT2D eigenvalue weighted by atomic mass is 10.1. The molecular weight excluding hydrogens is 292 g/mol. The Bertz CT molecular complexity index is 635. The smallest absolute Gasteiger partial charge is 0.337 e. The first-order valence-corrected chi connectivity index (χ1v) is 8.07. The second kappa shape index (κ2) is 7.76. The van der Waals surface area contributed by atoms with Gasteiger partial charge in [-0.1, -0.05) is 19.1 Å². The van der Waals surface area contributed by atoms with Gasteiger partial charge in [-0.2, -0.15) is 5.26 Å². The molecule has 0 N–H and O–H groups in total. The normalized spacial score (nSPS) is 11.1. The standard InChI is InChI=1S/C14H18N2O4S/c1-3-16(9-5-8-15)21(18,19)11-12-6-4-7-13(10-12)14(17)20-2/h4,6-7,10H,3,5,9,11H2,1-2H3. The van der Waals surface area contributed by atoms with Gasteiger partial charge >= 0.3 is 5.97 Å². The zero-order valence-corrected chi connectivity index (χ0v) is 12.9. The number of hydrogen-bond donors (Lipinski definition) is 0. The number of sulfonamides is 1. The van der Waals surface area contributed by atoms with Crippen molar-refractivity contribution < 1.29 is 17.9 Å². The third-order valence-corrected chi connectivity index (χ3v) is 4.84. The third-order valence-electron chi connectivity index (χ3n) is 2.92. The van der Waals surface area contributed by atoms with Crippen molar-refractivity contribution in [3.63, 3.8) is 0 Å². The van der Waals surface area contributed by atoms with Crippen molar-refractivity contribution in [2.24, 2.45) is 0 Å². The van der Waals surface area contributed by atoms with Crippen LogP contribution in [0.1, 0.15) is 29.3 Å². The quantitative estimate of drug-likeness (QED) is 0.713. The van der Waals surface area contributed by atoms with Gasteiger partial charge in [0, 0.05) is 19.5 Å². The Morgan fingerprint density at radius 1 is 1.43 bits per heavy atom. The van der Waals surface area contributed by atoms with Crippen LogP contribution in [0.25, 0.3) is 0 Å². The summed E-state index contributed by atoms with van der Waals surface area (Å²) in [5.74, 6) is -0.719. The lowest BCUT2D eigenvalue weighted by Crippen LogP contribution is -2.32. The van der Waals surface area contributed by atoms with Gasteiger partial charge in [-0.05, 0) is 17.7 Å². The van der Waals surface area contributed by atoms with Crippen molar-refractivity contribution in [3.05, 3.63) is 35.4 Å². The molecule has 0 aliphatic carbocycles. The number of rotatable bonds is 7. The minimum absolute atomic E-state index is 0.148. The van der Waals surface area contributed by atoms with E-state index in [0.29, 0.717) is 17.7 Å². The minimum atomic E-state index is -3.52. The molecule has 114 valence electrons. The monoisotopic (exact) mass is 310 g/mol. The maximum Gasteiger partial charge on any atom is 0.337 e. The summed E-state index contributed by atoms with van der Waals surface area (Å²) in [6.07, 6.45) is 0.148. The second-order valence-corrected chi connectivity index (χ2v) is 6.32. The largest absolute Gasteiger partial charge is 0.465 e. The van der Waals surface area contributed by atoms with E-state index in [4.69, 9.17) is 5.26 Å². The summed E-state index contributed by atoms with van der Waals surface area (Å²) in [7, 11) is -2.25. The first kappa shape index (κ1) is 17.1. The molecule has 0 aromatic heterocycles. The molecule has 1 rings (SSSR count). The van der Waals surface area contributed by atoms with Crippen LogP contribution in [-0.4, -0.2) is 38.9 Å². The molecule has 0 aliphatic rings. The number of esters is 1. The van der Waals surface area contributed by atoms with E-state index >= 15 is 0 Å². The molecular formula is C14H18N2O4S. The fourth-order valence-electron chi connectivity index (χ4n) is 1.88. The summed E-state index contributed by atoms with van der Waals surface area (Å²) in [6.45, 7) is 2.20. The van der Waals surface area contributed by atoms with Gasteiger partial charge in [0.05, 0.1) is 24.5 Å². The van der Waals surface area contributed by atoms with E-state index in [1.54, 1.807) is 25.1 Å². The van der Waals surface area contributed by atoms with Gasteiger partial charge < -0.3 is 4.74 Å². The Labute approximate surface area is 125 Å². The second-order valence-electron chi connectivity index (χ2n) is 4.35. The van der Waals surface area contributed by atoms with Crippen molar-refractivity contribution in [2.75, 3.05) is 20.2 Å². The van der Waals surface area contributed by atoms with Crippen LogP contribution in [0.3, 0.4) is 0 Å². The van der Waals surface area contributed by atoms with Gasteiger partial charge in [-0.15, -0.1) is 0 Å². The molecule has 0 heterocycles. The summed E-state index contributed by atoms with van der Waals surface area (Å²) in [6, 6.07) is 8.25. The van der Waals surface area contributed by atoms with E-state index in [9.17, 15) is 13.2 Å². The van der Waals surface area contributed by atoms with Gasteiger partial charge in [0.25, 0.3) is 0 Å². The lowest BCUT2D eigenvalue weighted by Gasteiger charge is -2.19. The first-order chi connectivity index (χ1) is 9.94. The van der Waals surface area contributed by atoms with Gasteiger partial charge in [-0.25, -0.2) is 17.5 Å². The summed E-state index contributed by atoms with van der Waals surface area (Å²) >= 11 is 0. The SMILES string of the molecule is CCN(CCC#N)S(=O)(=O)Cc1cccc(C(=O)OC)c1. The van der Waals surface area contributed by atoms with Crippen LogP contribution < -0.4 is 0 Å². The third kappa shape index (κ3) is 4.85. The molecule has 0 atom stereocenters. The number of hydrogen-bond acceptors (Lipinski definition) is 5. The highest BCUT2D eigenvalue weighted by Crippen LogP contribution is 2.13. The summed E-state index contributed by atoms with van der Waals surface area (Å²) in [4.78, 5) is 11.4. The highest BCUT2D eigenvalue weighted by Gasteiger charge is 2.21.